The number of hydrogen-bond donors (Lipinski definition) is 1. The fourth-order valence-corrected chi connectivity index (χ4v) is 4.95. The standard InChI is InChI=1S/C27H28N2O3S/c1-27(2,3)20-10-8-18(9-11-20)25(31)28-21-7-5-6-19(16-21)26-29(24(30)17-33-26)22-12-14-23(32-4)15-13-22/h5-16,26H,17H2,1-4H3,(H,28,31). The summed E-state index contributed by atoms with van der Waals surface area (Å²) in [7, 11) is 1.62. The predicted octanol–water partition coefficient (Wildman–Crippen LogP) is 6.02. The van der Waals surface area contributed by atoms with Crippen LogP contribution in [0.25, 0.3) is 0 Å². The third-order valence-corrected chi connectivity index (χ3v) is 6.87. The van der Waals surface area contributed by atoms with Crippen LogP contribution in [0.3, 0.4) is 0 Å². The van der Waals surface area contributed by atoms with E-state index in [9.17, 15) is 9.59 Å². The quantitative estimate of drug-likeness (QED) is 0.506. The lowest BCUT2D eigenvalue weighted by atomic mass is 9.87. The van der Waals surface area contributed by atoms with Gasteiger partial charge >= 0.3 is 0 Å². The maximum Gasteiger partial charge on any atom is 0.255 e. The predicted molar refractivity (Wildman–Crippen MR) is 135 cm³/mol. The van der Waals surface area contributed by atoms with Crippen LogP contribution in [-0.2, 0) is 10.2 Å². The number of anilines is 2. The molecule has 1 N–H and O–H groups in total. The van der Waals surface area contributed by atoms with Gasteiger partial charge in [0.15, 0.2) is 0 Å². The number of nitrogens with zero attached hydrogens (tertiary/aromatic N) is 1. The molecular weight excluding hydrogens is 432 g/mol. The van der Waals surface area contributed by atoms with E-state index in [1.54, 1.807) is 23.8 Å². The SMILES string of the molecule is COc1ccc(N2C(=O)CSC2c2cccc(NC(=O)c3ccc(C(C)(C)C)cc3)c2)cc1. The summed E-state index contributed by atoms with van der Waals surface area (Å²) in [5, 5.41) is 2.83. The summed E-state index contributed by atoms with van der Waals surface area (Å²) in [6.45, 7) is 6.44. The summed E-state index contributed by atoms with van der Waals surface area (Å²) in [4.78, 5) is 27.3. The lowest BCUT2D eigenvalue weighted by molar-refractivity contribution is -0.115. The van der Waals surface area contributed by atoms with Crippen molar-refractivity contribution in [2.75, 3.05) is 23.1 Å². The van der Waals surface area contributed by atoms with Gasteiger partial charge in [0, 0.05) is 16.9 Å². The highest BCUT2D eigenvalue weighted by Gasteiger charge is 2.34. The van der Waals surface area contributed by atoms with Crippen molar-refractivity contribution in [3.8, 4) is 5.75 Å². The van der Waals surface area contributed by atoms with E-state index in [4.69, 9.17) is 4.74 Å². The first-order chi connectivity index (χ1) is 15.8. The van der Waals surface area contributed by atoms with Gasteiger partial charge in [-0.2, -0.15) is 0 Å². The Balaban J connectivity index is 1.53. The van der Waals surface area contributed by atoms with E-state index < -0.39 is 0 Å². The first-order valence-electron chi connectivity index (χ1n) is 10.9. The number of carbonyl (C=O) groups excluding carboxylic acids is 2. The van der Waals surface area contributed by atoms with Crippen LogP contribution < -0.4 is 15.0 Å². The number of ether oxygens (including phenoxy) is 1. The summed E-state index contributed by atoms with van der Waals surface area (Å²) in [5.74, 6) is 1.06. The number of nitrogens with one attached hydrogen (secondary N) is 1. The van der Waals surface area contributed by atoms with Gasteiger partial charge < -0.3 is 10.1 Å². The average Bonchev–Trinajstić information content (AvgIpc) is 3.20. The smallest absolute Gasteiger partial charge is 0.255 e. The molecule has 0 spiro atoms. The molecule has 0 radical (unpaired) electrons. The second-order valence-electron chi connectivity index (χ2n) is 9.03. The molecule has 2 amide bonds. The highest BCUT2D eigenvalue weighted by atomic mass is 32.2. The first-order valence-corrected chi connectivity index (χ1v) is 11.9. The van der Waals surface area contributed by atoms with Crippen molar-refractivity contribution >= 4 is 35.0 Å². The van der Waals surface area contributed by atoms with E-state index in [-0.39, 0.29) is 22.6 Å². The zero-order valence-corrected chi connectivity index (χ0v) is 20.1. The van der Waals surface area contributed by atoms with Gasteiger partial charge in [-0.3, -0.25) is 14.5 Å². The van der Waals surface area contributed by atoms with Crippen LogP contribution in [-0.4, -0.2) is 24.7 Å². The van der Waals surface area contributed by atoms with Crippen molar-refractivity contribution in [3.63, 3.8) is 0 Å². The van der Waals surface area contributed by atoms with Crippen LogP contribution >= 0.6 is 11.8 Å². The Morgan fingerprint density at radius 1 is 1.03 bits per heavy atom. The number of hydrogen-bond acceptors (Lipinski definition) is 4. The maximum atomic E-state index is 12.8. The normalized spacial score (nSPS) is 16.1. The monoisotopic (exact) mass is 460 g/mol. The number of amides is 2. The van der Waals surface area contributed by atoms with E-state index in [2.05, 4.69) is 26.1 Å². The molecule has 3 aromatic rings. The molecule has 1 fully saturated rings. The number of benzene rings is 3. The summed E-state index contributed by atoms with van der Waals surface area (Å²) in [6, 6.07) is 22.9. The maximum absolute atomic E-state index is 12.8. The van der Waals surface area contributed by atoms with Crippen LogP contribution in [0.5, 0.6) is 5.75 Å². The zero-order valence-electron chi connectivity index (χ0n) is 19.3. The molecular formula is C27H28N2O3S. The molecule has 1 aliphatic rings. The molecule has 1 heterocycles. The minimum Gasteiger partial charge on any atom is -0.497 e. The van der Waals surface area contributed by atoms with Gasteiger partial charge in [0.1, 0.15) is 11.1 Å². The highest BCUT2D eigenvalue weighted by molar-refractivity contribution is 8.00. The molecule has 0 aromatic heterocycles. The van der Waals surface area contributed by atoms with Crippen LogP contribution in [0.1, 0.15) is 47.6 Å². The average molecular weight is 461 g/mol. The summed E-state index contributed by atoms with van der Waals surface area (Å²) in [6.07, 6.45) is 0. The minimum atomic E-state index is -0.159. The van der Waals surface area contributed by atoms with Gasteiger partial charge in [0.05, 0.1) is 12.9 Å². The number of thioether (sulfide) groups is 1. The van der Waals surface area contributed by atoms with Gasteiger partial charge in [-0.25, -0.2) is 0 Å². The van der Waals surface area contributed by atoms with Crippen molar-refractivity contribution in [1.82, 2.24) is 0 Å². The molecule has 33 heavy (non-hydrogen) atoms. The van der Waals surface area contributed by atoms with Crippen molar-refractivity contribution in [1.29, 1.82) is 0 Å². The largest absolute Gasteiger partial charge is 0.497 e. The Hall–Kier alpha value is -3.25. The minimum absolute atomic E-state index is 0.0372. The summed E-state index contributed by atoms with van der Waals surface area (Å²) < 4.78 is 5.23. The molecule has 0 bridgehead atoms. The van der Waals surface area contributed by atoms with E-state index in [1.165, 1.54) is 5.56 Å². The third kappa shape index (κ3) is 5.06. The Labute approximate surface area is 199 Å². The third-order valence-electron chi connectivity index (χ3n) is 5.66. The van der Waals surface area contributed by atoms with E-state index in [0.29, 0.717) is 17.0 Å². The second-order valence-corrected chi connectivity index (χ2v) is 10.1. The van der Waals surface area contributed by atoms with E-state index in [0.717, 1.165) is 17.0 Å². The van der Waals surface area contributed by atoms with E-state index >= 15 is 0 Å². The van der Waals surface area contributed by atoms with Gasteiger partial charge in [0.2, 0.25) is 5.91 Å². The molecule has 5 nitrogen and oxygen atoms in total. The first kappa shape index (κ1) is 22.9. The second kappa shape index (κ2) is 9.32. The molecule has 1 atom stereocenters. The summed E-state index contributed by atoms with van der Waals surface area (Å²) >= 11 is 1.58. The van der Waals surface area contributed by atoms with Gasteiger partial charge in [-0.15, -0.1) is 11.8 Å². The summed E-state index contributed by atoms with van der Waals surface area (Å²) in [5.41, 5.74) is 4.31. The number of carbonyl (C=O) groups is 2. The topological polar surface area (TPSA) is 58.6 Å². The number of rotatable bonds is 5. The molecule has 4 rings (SSSR count). The molecule has 6 heteroatoms. The molecule has 1 saturated heterocycles. The Bertz CT molecular complexity index is 1150. The Morgan fingerprint density at radius 3 is 2.36 bits per heavy atom. The highest BCUT2D eigenvalue weighted by Crippen LogP contribution is 2.42. The van der Waals surface area contributed by atoms with Gasteiger partial charge in [-0.05, 0) is 65.1 Å². The van der Waals surface area contributed by atoms with Crippen molar-refractivity contribution < 1.29 is 14.3 Å². The van der Waals surface area contributed by atoms with Crippen molar-refractivity contribution in [2.24, 2.45) is 0 Å². The molecule has 0 saturated carbocycles. The van der Waals surface area contributed by atoms with Crippen LogP contribution in [0.15, 0.2) is 72.8 Å². The molecule has 1 aliphatic heterocycles. The van der Waals surface area contributed by atoms with E-state index in [1.807, 2.05) is 72.8 Å². The zero-order chi connectivity index (χ0) is 23.6. The Morgan fingerprint density at radius 2 is 1.73 bits per heavy atom. The molecule has 170 valence electrons. The molecule has 0 aliphatic carbocycles. The lowest BCUT2D eigenvalue weighted by Gasteiger charge is -2.25. The fourth-order valence-electron chi connectivity index (χ4n) is 3.79. The molecule has 1 unspecified atom stereocenters. The van der Waals surface area contributed by atoms with Crippen LogP contribution in [0, 0.1) is 0 Å². The number of methoxy groups -OCH3 is 1. The van der Waals surface area contributed by atoms with Gasteiger partial charge in [-0.1, -0.05) is 45.0 Å². The van der Waals surface area contributed by atoms with Crippen LogP contribution in [0.4, 0.5) is 11.4 Å². The van der Waals surface area contributed by atoms with Crippen molar-refractivity contribution in [3.05, 3.63) is 89.5 Å². The van der Waals surface area contributed by atoms with Crippen LogP contribution in [0.2, 0.25) is 0 Å². The molecule has 3 aromatic carbocycles. The Kier molecular flexibility index (Phi) is 6.47. The lowest BCUT2D eigenvalue weighted by Crippen LogP contribution is -2.27. The van der Waals surface area contributed by atoms with Crippen molar-refractivity contribution in [2.45, 2.75) is 31.6 Å². The van der Waals surface area contributed by atoms with Gasteiger partial charge in [0.25, 0.3) is 5.91 Å². The fraction of sp³-hybridized carbons (Fsp3) is 0.259.